The van der Waals surface area contributed by atoms with E-state index in [-0.39, 0.29) is 30.4 Å². The molecule has 1 unspecified atom stereocenters. The quantitative estimate of drug-likeness (QED) is 0.490. The maximum atomic E-state index is 13.8. The third-order valence-electron chi connectivity index (χ3n) is 7.07. The smallest absolute Gasteiger partial charge is 0.249 e. The molecule has 0 bridgehead atoms. The van der Waals surface area contributed by atoms with Crippen molar-refractivity contribution in [2.45, 2.75) is 56.9 Å². The molecule has 2 saturated heterocycles. The number of likely N-dealkylation sites (N-methyl/N-ethyl adjacent to an activating group) is 1. The molecule has 8 heteroatoms. The topological polar surface area (TPSA) is 90.4 Å². The highest BCUT2D eigenvalue weighted by Gasteiger charge is 2.71. The Balaban J connectivity index is 1.76. The summed E-state index contributed by atoms with van der Waals surface area (Å²) < 4.78 is 6.52. The number of unbranched alkanes of at least 4 members (excludes halogenated alkanes) is 2. The zero-order valence-electron chi connectivity index (χ0n) is 18.6. The SMILES string of the molecule is CC(C)N1CC=C[C@]23O[C@@H]4C=CCN(C)C(=O)[C@@H]4[C@H]2C(=O)N(CCCCCO)C3C1=O. The van der Waals surface area contributed by atoms with Crippen molar-refractivity contribution in [2.24, 2.45) is 11.8 Å². The molecule has 1 spiro atoms. The summed E-state index contributed by atoms with van der Waals surface area (Å²) in [4.78, 5) is 45.8. The Labute approximate surface area is 183 Å². The summed E-state index contributed by atoms with van der Waals surface area (Å²) in [5, 5.41) is 9.09. The van der Waals surface area contributed by atoms with Crippen LogP contribution in [0.15, 0.2) is 24.3 Å². The minimum Gasteiger partial charge on any atom is -0.396 e. The highest BCUT2D eigenvalue weighted by Crippen LogP contribution is 2.53. The van der Waals surface area contributed by atoms with Gasteiger partial charge in [0, 0.05) is 39.3 Å². The van der Waals surface area contributed by atoms with Crippen molar-refractivity contribution in [2.75, 3.05) is 33.3 Å². The summed E-state index contributed by atoms with van der Waals surface area (Å²) in [6.45, 7) is 5.37. The number of fused-ring (bicyclic) bond motifs is 2. The average molecular weight is 432 g/mol. The second-order valence-electron chi connectivity index (χ2n) is 9.29. The summed E-state index contributed by atoms with van der Waals surface area (Å²) in [7, 11) is 1.73. The fourth-order valence-electron chi connectivity index (χ4n) is 5.56. The van der Waals surface area contributed by atoms with E-state index in [0.29, 0.717) is 32.5 Å². The van der Waals surface area contributed by atoms with Crippen molar-refractivity contribution in [3.8, 4) is 0 Å². The fourth-order valence-corrected chi connectivity index (χ4v) is 5.56. The molecule has 0 aromatic rings. The molecule has 4 heterocycles. The Kier molecular flexibility index (Phi) is 5.96. The molecule has 0 aromatic heterocycles. The molecule has 0 radical (unpaired) electrons. The number of likely N-dealkylation sites (tertiary alicyclic amines) is 1. The van der Waals surface area contributed by atoms with Gasteiger partial charge in [-0.15, -0.1) is 0 Å². The first-order chi connectivity index (χ1) is 14.8. The highest BCUT2D eigenvalue weighted by molar-refractivity contribution is 5.99. The molecule has 1 N–H and O–H groups in total. The molecule has 4 aliphatic heterocycles. The molecular weight excluding hydrogens is 398 g/mol. The average Bonchev–Trinajstić information content (AvgIpc) is 3.04. The first-order valence-corrected chi connectivity index (χ1v) is 11.3. The van der Waals surface area contributed by atoms with Gasteiger partial charge < -0.3 is 24.5 Å². The Morgan fingerprint density at radius 1 is 1.10 bits per heavy atom. The molecule has 4 aliphatic rings. The van der Waals surface area contributed by atoms with E-state index < -0.39 is 29.6 Å². The van der Waals surface area contributed by atoms with Crippen LogP contribution in [0.2, 0.25) is 0 Å². The largest absolute Gasteiger partial charge is 0.396 e. The van der Waals surface area contributed by atoms with Crippen LogP contribution in [0.4, 0.5) is 0 Å². The molecule has 3 amide bonds. The Hall–Kier alpha value is -2.19. The van der Waals surface area contributed by atoms with Gasteiger partial charge in [0.25, 0.3) is 0 Å². The van der Waals surface area contributed by atoms with Crippen LogP contribution in [0.25, 0.3) is 0 Å². The maximum Gasteiger partial charge on any atom is 0.249 e. The fraction of sp³-hybridized carbons (Fsp3) is 0.696. The van der Waals surface area contributed by atoms with Crippen molar-refractivity contribution in [1.82, 2.24) is 14.7 Å². The first-order valence-electron chi connectivity index (χ1n) is 11.3. The second kappa shape index (κ2) is 8.39. The summed E-state index contributed by atoms with van der Waals surface area (Å²) in [6.07, 6.45) is 9.15. The minimum atomic E-state index is -1.14. The van der Waals surface area contributed by atoms with Gasteiger partial charge in [-0.1, -0.05) is 24.3 Å². The lowest BCUT2D eigenvalue weighted by atomic mass is 9.77. The van der Waals surface area contributed by atoms with E-state index in [0.717, 1.165) is 6.42 Å². The van der Waals surface area contributed by atoms with Crippen LogP contribution in [0.5, 0.6) is 0 Å². The molecular formula is C23H33N3O5. The Bertz CT molecular complexity index is 809. The summed E-state index contributed by atoms with van der Waals surface area (Å²) in [5.41, 5.74) is -1.14. The van der Waals surface area contributed by atoms with Crippen molar-refractivity contribution in [3.63, 3.8) is 0 Å². The third kappa shape index (κ3) is 3.40. The van der Waals surface area contributed by atoms with Crippen LogP contribution in [-0.2, 0) is 19.1 Å². The highest BCUT2D eigenvalue weighted by atomic mass is 16.5. The Morgan fingerprint density at radius 3 is 2.58 bits per heavy atom. The van der Waals surface area contributed by atoms with Gasteiger partial charge >= 0.3 is 0 Å². The molecule has 8 nitrogen and oxygen atoms in total. The maximum absolute atomic E-state index is 13.8. The number of aliphatic hydroxyl groups is 1. The zero-order chi connectivity index (χ0) is 22.3. The molecule has 0 aliphatic carbocycles. The normalized spacial score (nSPS) is 34.9. The van der Waals surface area contributed by atoms with E-state index in [9.17, 15) is 14.4 Å². The van der Waals surface area contributed by atoms with Crippen LogP contribution in [-0.4, -0.2) is 94.6 Å². The van der Waals surface area contributed by atoms with Crippen LogP contribution in [0.3, 0.4) is 0 Å². The van der Waals surface area contributed by atoms with Crippen LogP contribution in [0, 0.1) is 11.8 Å². The van der Waals surface area contributed by atoms with Gasteiger partial charge in [0.1, 0.15) is 11.6 Å². The van der Waals surface area contributed by atoms with Crippen molar-refractivity contribution < 1.29 is 24.2 Å². The zero-order valence-corrected chi connectivity index (χ0v) is 18.6. The lowest BCUT2D eigenvalue weighted by Gasteiger charge is -2.36. The number of ether oxygens (including phenoxy) is 1. The lowest BCUT2D eigenvalue weighted by Crippen LogP contribution is -2.56. The monoisotopic (exact) mass is 431 g/mol. The van der Waals surface area contributed by atoms with Crippen molar-refractivity contribution >= 4 is 17.7 Å². The molecule has 170 valence electrons. The number of rotatable bonds is 6. The van der Waals surface area contributed by atoms with Gasteiger partial charge in [0.2, 0.25) is 17.7 Å². The predicted molar refractivity (Wildman–Crippen MR) is 114 cm³/mol. The summed E-state index contributed by atoms with van der Waals surface area (Å²) in [5.74, 6) is -1.77. The van der Waals surface area contributed by atoms with Gasteiger partial charge in [0.05, 0.1) is 17.9 Å². The van der Waals surface area contributed by atoms with E-state index in [2.05, 4.69) is 0 Å². The Morgan fingerprint density at radius 2 is 1.87 bits per heavy atom. The predicted octanol–water partition coefficient (Wildman–Crippen LogP) is 0.565. The summed E-state index contributed by atoms with van der Waals surface area (Å²) >= 11 is 0. The minimum absolute atomic E-state index is 0.0165. The van der Waals surface area contributed by atoms with Crippen LogP contribution < -0.4 is 0 Å². The van der Waals surface area contributed by atoms with Gasteiger partial charge in [-0.05, 0) is 33.1 Å². The number of hydrogen-bond donors (Lipinski definition) is 1. The number of carbonyl (C=O) groups is 3. The van der Waals surface area contributed by atoms with E-state index in [1.165, 1.54) is 0 Å². The van der Waals surface area contributed by atoms with E-state index in [1.54, 1.807) is 21.7 Å². The standard InChI is InChI=1S/C23H33N3O5/c1-15(2)25-13-8-10-23-18(17-16(31-23)9-7-11-24(3)20(17)28)21(29)26(19(23)22(25)30)12-5-4-6-14-27/h7-10,15-19,27H,4-6,11-14H2,1-3H3/t16-,17+,18+,19?,23+/m1/s1. The molecule has 2 fully saturated rings. The number of aliphatic hydroxyl groups excluding tert-OH is 1. The van der Waals surface area contributed by atoms with Crippen LogP contribution >= 0.6 is 0 Å². The number of amides is 3. The number of hydrogen-bond acceptors (Lipinski definition) is 5. The second-order valence-corrected chi connectivity index (χ2v) is 9.29. The molecule has 5 atom stereocenters. The van der Waals surface area contributed by atoms with Gasteiger partial charge in [0.15, 0.2) is 0 Å². The molecule has 31 heavy (non-hydrogen) atoms. The number of carbonyl (C=O) groups excluding carboxylic acids is 3. The van der Waals surface area contributed by atoms with Crippen molar-refractivity contribution in [1.29, 1.82) is 0 Å². The molecule has 0 aromatic carbocycles. The lowest BCUT2D eigenvalue weighted by molar-refractivity contribution is -0.149. The van der Waals surface area contributed by atoms with Gasteiger partial charge in [-0.3, -0.25) is 14.4 Å². The molecule has 4 rings (SSSR count). The van der Waals surface area contributed by atoms with Crippen molar-refractivity contribution in [3.05, 3.63) is 24.3 Å². The first kappa shape index (κ1) is 22.0. The van der Waals surface area contributed by atoms with Gasteiger partial charge in [-0.25, -0.2) is 0 Å². The number of nitrogens with zero attached hydrogens (tertiary/aromatic N) is 3. The van der Waals surface area contributed by atoms with E-state index >= 15 is 0 Å². The van der Waals surface area contributed by atoms with Gasteiger partial charge in [-0.2, -0.15) is 0 Å². The summed E-state index contributed by atoms with van der Waals surface area (Å²) in [6, 6.07) is -0.795. The molecule has 0 saturated carbocycles. The third-order valence-corrected chi connectivity index (χ3v) is 7.07. The van der Waals surface area contributed by atoms with Crippen LogP contribution in [0.1, 0.15) is 33.1 Å². The van der Waals surface area contributed by atoms with E-state index in [1.807, 2.05) is 38.2 Å². The van der Waals surface area contributed by atoms with E-state index in [4.69, 9.17) is 9.84 Å².